The molecule has 2 aromatic rings. The van der Waals surface area contributed by atoms with E-state index in [0.29, 0.717) is 11.4 Å². The van der Waals surface area contributed by atoms with E-state index in [-0.39, 0.29) is 0 Å². The highest BCUT2D eigenvalue weighted by molar-refractivity contribution is 5.60. The molecule has 0 radical (unpaired) electrons. The number of benzene rings is 2. The molecule has 2 N–H and O–H groups in total. The molecule has 0 heterocycles. The van der Waals surface area contributed by atoms with Gasteiger partial charge >= 0.3 is 0 Å². The summed E-state index contributed by atoms with van der Waals surface area (Å²) < 4.78 is 10.9. The zero-order valence-electron chi connectivity index (χ0n) is 10.9. The SMILES string of the molecule is COc1ccc(Oc2cc(C)cc(C)c2N)cc1. The Kier molecular flexibility index (Phi) is 3.42. The average molecular weight is 243 g/mol. The van der Waals surface area contributed by atoms with Gasteiger partial charge in [-0.1, -0.05) is 6.07 Å². The molecule has 0 fully saturated rings. The van der Waals surface area contributed by atoms with E-state index >= 15 is 0 Å². The van der Waals surface area contributed by atoms with Crippen molar-refractivity contribution in [2.75, 3.05) is 12.8 Å². The summed E-state index contributed by atoms with van der Waals surface area (Å²) in [5.41, 5.74) is 8.84. The lowest BCUT2D eigenvalue weighted by Crippen LogP contribution is -1.96. The molecule has 0 amide bonds. The molecule has 0 saturated heterocycles. The fourth-order valence-corrected chi connectivity index (χ4v) is 1.79. The predicted molar refractivity (Wildman–Crippen MR) is 73.4 cm³/mol. The molecule has 0 bridgehead atoms. The second-order valence-electron chi connectivity index (χ2n) is 4.27. The van der Waals surface area contributed by atoms with Crippen molar-refractivity contribution >= 4 is 5.69 Å². The summed E-state index contributed by atoms with van der Waals surface area (Å²) >= 11 is 0. The lowest BCUT2D eigenvalue weighted by atomic mass is 10.1. The van der Waals surface area contributed by atoms with Crippen molar-refractivity contribution in [2.24, 2.45) is 0 Å². The maximum Gasteiger partial charge on any atom is 0.150 e. The first-order valence-electron chi connectivity index (χ1n) is 5.79. The van der Waals surface area contributed by atoms with Crippen LogP contribution in [0, 0.1) is 13.8 Å². The monoisotopic (exact) mass is 243 g/mol. The number of methoxy groups -OCH3 is 1. The van der Waals surface area contributed by atoms with Gasteiger partial charge in [0.25, 0.3) is 0 Å². The Morgan fingerprint density at radius 2 is 1.56 bits per heavy atom. The topological polar surface area (TPSA) is 44.5 Å². The van der Waals surface area contributed by atoms with Gasteiger partial charge in [-0.3, -0.25) is 0 Å². The Balaban J connectivity index is 2.27. The Bertz CT molecular complexity index is 547. The minimum Gasteiger partial charge on any atom is -0.497 e. The van der Waals surface area contributed by atoms with E-state index < -0.39 is 0 Å². The van der Waals surface area contributed by atoms with Crippen LogP contribution < -0.4 is 15.2 Å². The Morgan fingerprint density at radius 1 is 0.944 bits per heavy atom. The normalized spacial score (nSPS) is 10.2. The van der Waals surface area contributed by atoms with Crippen LogP contribution in [0.1, 0.15) is 11.1 Å². The van der Waals surface area contributed by atoms with E-state index in [0.717, 1.165) is 22.6 Å². The van der Waals surface area contributed by atoms with Crippen LogP contribution in [0.2, 0.25) is 0 Å². The van der Waals surface area contributed by atoms with Gasteiger partial charge in [-0.25, -0.2) is 0 Å². The smallest absolute Gasteiger partial charge is 0.150 e. The summed E-state index contributed by atoms with van der Waals surface area (Å²) in [4.78, 5) is 0. The van der Waals surface area contributed by atoms with E-state index in [1.165, 1.54) is 0 Å². The second-order valence-corrected chi connectivity index (χ2v) is 4.27. The summed E-state index contributed by atoms with van der Waals surface area (Å²) in [7, 11) is 1.64. The largest absolute Gasteiger partial charge is 0.497 e. The van der Waals surface area contributed by atoms with Crippen LogP contribution in [0.15, 0.2) is 36.4 Å². The molecule has 3 heteroatoms. The molecule has 0 aliphatic rings. The third-order valence-corrected chi connectivity index (χ3v) is 2.78. The maximum absolute atomic E-state index is 6.01. The predicted octanol–water partition coefficient (Wildman–Crippen LogP) is 3.69. The molecule has 0 saturated carbocycles. The van der Waals surface area contributed by atoms with Crippen molar-refractivity contribution in [1.82, 2.24) is 0 Å². The maximum atomic E-state index is 6.01. The Hall–Kier alpha value is -2.16. The van der Waals surface area contributed by atoms with Crippen molar-refractivity contribution in [3.8, 4) is 17.2 Å². The number of rotatable bonds is 3. The van der Waals surface area contributed by atoms with Crippen LogP contribution in [0.5, 0.6) is 17.2 Å². The van der Waals surface area contributed by atoms with Crippen molar-refractivity contribution in [3.05, 3.63) is 47.5 Å². The first kappa shape index (κ1) is 12.3. The van der Waals surface area contributed by atoms with E-state index in [1.807, 2.05) is 50.2 Å². The quantitative estimate of drug-likeness (QED) is 0.836. The minimum absolute atomic E-state index is 0.677. The Labute approximate surface area is 107 Å². The molecular formula is C15H17NO2. The van der Waals surface area contributed by atoms with Crippen LogP contribution in [0.25, 0.3) is 0 Å². The van der Waals surface area contributed by atoms with Gasteiger partial charge < -0.3 is 15.2 Å². The number of nitrogen functional groups attached to an aromatic ring is 1. The van der Waals surface area contributed by atoms with Gasteiger partial charge in [0, 0.05) is 0 Å². The van der Waals surface area contributed by atoms with Gasteiger partial charge in [0.2, 0.25) is 0 Å². The molecule has 3 nitrogen and oxygen atoms in total. The van der Waals surface area contributed by atoms with Crippen LogP contribution in [0.4, 0.5) is 5.69 Å². The molecule has 0 aliphatic heterocycles. The zero-order valence-corrected chi connectivity index (χ0v) is 10.9. The summed E-state index contributed by atoms with van der Waals surface area (Å²) in [6, 6.07) is 11.4. The highest BCUT2D eigenvalue weighted by Crippen LogP contribution is 2.31. The molecule has 18 heavy (non-hydrogen) atoms. The lowest BCUT2D eigenvalue weighted by molar-refractivity contribution is 0.413. The number of nitrogens with two attached hydrogens (primary N) is 1. The third-order valence-electron chi connectivity index (χ3n) is 2.78. The summed E-state index contributed by atoms with van der Waals surface area (Å²) in [6.07, 6.45) is 0. The van der Waals surface area contributed by atoms with E-state index in [4.69, 9.17) is 15.2 Å². The fraction of sp³-hybridized carbons (Fsp3) is 0.200. The molecule has 0 spiro atoms. The van der Waals surface area contributed by atoms with Crippen LogP contribution in [0.3, 0.4) is 0 Å². The van der Waals surface area contributed by atoms with Crippen molar-refractivity contribution in [1.29, 1.82) is 0 Å². The first-order valence-corrected chi connectivity index (χ1v) is 5.79. The number of ether oxygens (including phenoxy) is 2. The number of aryl methyl sites for hydroxylation is 2. The van der Waals surface area contributed by atoms with Gasteiger partial charge in [-0.05, 0) is 55.3 Å². The zero-order chi connectivity index (χ0) is 13.1. The highest BCUT2D eigenvalue weighted by atomic mass is 16.5. The van der Waals surface area contributed by atoms with E-state index in [9.17, 15) is 0 Å². The van der Waals surface area contributed by atoms with Crippen LogP contribution >= 0.6 is 0 Å². The van der Waals surface area contributed by atoms with Crippen molar-refractivity contribution in [2.45, 2.75) is 13.8 Å². The molecule has 0 atom stereocenters. The minimum atomic E-state index is 0.677. The van der Waals surface area contributed by atoms with Gasteiger partial charge in [-0.2, -0.15) is 0 Å². The number of anilines is 1. The summed E-state index contributed by atoms with van der Waals surface area (Å²) in [6.45, 7) is 4.00. The molecule has 0 unspecified atom stereocenters. The molecule has 2 aromatic carbocycles. The molecular weight excluding hydrogens is 226 g/mol. The van der Waals surface area contributed by atoms with Crippen LogP contribution in [-0.4, -0.2) is 7.11 Å². The highest BCUT2D eigenvalue weighted by Gasteiger charge is 2.06. The van der Waals surface area contributed by atoms with Crippen LogP contribution in [-0.2, 0) is 0 Å². The van der Waals surface area contributed by atoms with Gasteiger partial charge in [0.05, 0.1) is 12.8 Å². The van der Waals surface area contributed by atoms with Crippen molar-refractivity contribution in [3.63, 3.8) is 0 Å². The van der Waals surface area contributed by atoms with E-state index in [2.05, 4.69) is 0 Å². The molecule has 2 rings (SSSR count). The third kappa shape index (κ3) is 2.56. The molecule has 94 valence electrons. The van der Waals surface area contributed by atoms with Gasteiger partial charge in [-0.15, -0.1) is 0 Å². The second kappa shape index (κ2) is 5.00. The molecule has 0 aromatic heterocycles. The molecule has 0 aliphatic carbocycles. The standard InChI is InChI=1S/C15H17NO2/c1-10-8-11(2)15(16)14(9-10)18-13-6-4-12(17-3)5-7-13/h4-9H,16H2,1-3H3. The van der Waals surface area contributed by atoms with Gasteiger partial charge in [0.1, 0.15) is 11.5 Å². The number of hydrogen-bond donors (Lipinski definition) is 1. The van der Waals surface area contributed by atoms with Gasteiger partial charge in [0.15, 0.2) is 5.75 Å². The summed E-state index contributed by atoms with van der Waals surface area (Å²) in [5, 5.41) is 0. The first-order chi connectivity index (χ1) is 8.60. The fourth-order valence-electron chi connectivity index (χ4n) is 1.79. The summed E-state index contributed by atoms with van der Waals surface area (Å²) in [5.74, 6) is 2.24. The van der Waals surface area contributed by atoms with E-state index in [1.54, 1.807) is 7.11 Å². The Morgan fingerprint density at radius 3 is 2.17 bits per heavy atom. The average Bonchev–Trinajstić information content (AvgIpc) is 2.36. The van der Waals surface area contributed by atoms with Crippen molar-refractivity contribution < 1.29 is 9.47 Å². The lowest BCUT2D eigenvalue weighted by Gasteiger charge is -2.12. The number of hydrogen-bond acceptors (Lipinski definition) is 3.